The molecule has 9 heteroatoms. The third kappa shape index (κ3) is 2.62. The van der Waals surface area contributed by atoms with Crippen LogP contribution in [0.1, 0.15) is 24.6 Å². The first-order valence-electron chi connectivity index (χ1n) is 7.01. The highest BCUT2D eigenvalue weighted by molar-refractivity contribution is 7.86. The van der Waals surface area contributed by atoms with Crippen molar-refractivity contribution in [3.63, 3.8) is 0 Å². The van der Waals surface area contributed by atoms with Crippen LogP contribution in [0.3, 0.4) is 0 Å². The first-order valence-corrected chi connectivity index (χ1v) is 8.41. The van der Waals surface area contributed by atoms with E-state index < -0.39 is 10.2 Å². The van der Waals surface area contributed by atoms with Crippen molar-refractivity contribution in [3.05, 3.63) is 30.5 Å². The highest BCUT2D eigenvalue weighted by atomic mass is 32.2. The molecule has 0 bridgehead atoms. The number of H-pyrrole nitrogens is 1. The molecule has 0 aliphatic carbocycles. The second-order valence-electron chi connectivity index (χ2n) is 5.32. The number of rotatable bonds is 4. The first kappa shape index (κ1) is 15.1. The Morgan fingerprint density at radius 3 is 2.68 bits per heavy atom. The molecule has 1 N–H and O–H groups in total. The number of nitrogens with one attached hydrogen (secondary N) is 1. The van der Waals surface area contributed by atoms with Gasteiger partial charge in [0.1, 0.15) is 5.69 Å². The summed E-state index contributed by atoms with van der Waals surface area (Å²) in [6.45, 7) is 0.507. The Hall–Kier alpha value is -1.84. The molecule has 0 spiro atoms. The molecule has 1 fully saturated rings. The molecule has 0 saturated carbocycles. The van der Waals surface area contributed by atoms with Gasteiger partial charge in [0.25, 0.3) is 10.2 Å². The maximum atomic E-state index is 12.4. The maximum Gasteiger partial charge on any atom is 0.282 e. The molecule has 118 valence electrons. The monoisotopic (exact) mass is 322 g/mol. The molecule has 0 amide bonds. The molecule has 1 aliphatic heterocycles. The van der Waals surface area contributed by atoms with Crippen LogP contribution >= 0.6 is 0 Å². The summed E-state index contributed by atoms with van der Waals surface area (Å²) in [6, 6.07) is -0.259. The van der Waals surface area contributed by atoms with E-state index in [1.54, 1.807) is 24.8 Å². The van der Waals surface area contributed by atoms with E-state index in [4.69, 9.17) is 0 Å². The SMILES string of the molecule is CN(C)S(=O)(=O)N1CCCC1c1cnc(-c2ncc[nH]2)cn1. The van der Waals surface area contributed by atoms with Crippen LogP contribution in [-0.4, -0.2) is 57.6 Å². The van der Waals surface area contributed by atoms with Gasteiger partial charge < -0.3 is 4.98 Å². The molecule has 2 aromatic heterocycles. The lowest BCUT2D eigenvalue weighted by atomic mass is 10.2. The number of nitrogens with zero attached hydrogens (tertiary/aromatic N) is 5. The van der Waals surface area contributed by atoms with Gasteiger partial charge in [-0.25, -0.2) is 9.97 Å². The summed E-state index contributed by atoms with van der Waals surface area (Å²) in [5.41, 5.74) is 1.30. The first-order chi connectivity index (χ1) is 10.5. The van der Waals surface area contributed by atoms with Crippen molar-refractivity contribution < 1.29 is 8.42 Å². The molecule has 1 atom stereocenters. The second kappa shape index (κ2) is 5.75. The fraction of sp³-hybridized carbons (Fsp3) is 0.462. The van der Waals surface area contributed by atoms with Crippen molar-refractivity contribution >= 4 is 10.2 Å². The van der Waals surface area contributed by atoms with Gasteiger partial charge in [-0.2, -0.15) is 17.0 Å². The van der Waals surface area contributed by atoms with E-state index in [9.17, 15) is 8.42 Å². The largest absolute Gasteiger partial charge is 0.343 e. The smallest absolute Gasteiger partial charge is 0.282 e. The summed E-state index contributed by atoms with van der Waals surface area (Å²) >= 11 is 0. The number of aromatic amines is 1. The van der Waals surface area contributed by atoms with Crippen LogP contribution in [0.15, 0.2) is 24.8 Å². The van der Waals surface area contributed by atoms with Gasteiger partial charge in [0.2, 0.25) is 0 Å². The van der Waals surface area contributed by atoms with Gasteiger partial charge in [-0.15, -0.1) is 0 Å². The van der Waals surface area contributed by atoms with Crippen LogP contribution in [-0.2, 0) is 10.2 Å². The standard InChI is InChI=1S/C13H18N6O2S/c1-18(2)22(20,21)19-7-3-4-12(19)10-8-17-11(9-16-10)13-14-5-6-15-13/h5-6,8-9,12H,3-4,7H2,1-2H3,(H,14,15). The molecule has 8 nitrogen and oxygen atoms in total. The highest BCUT2D eigenvalue weighted by Crippen LogP contribution is 2.33. The van der Waals surface area contributed by atoms with Crippen LogP contribution in [0.2, 0.25) is 0 Å². The zero-order chi connectivity index (χ0) is 15.7. The van der Waals surface area contributed by atoms with Crippen molar-refractivity contribution in [2.75, 3.05) is 20.6 Å². The predicted molar refractivity (Wildman–Crippen MR) is 80.9 cm³/mol. The summed E-state index contributed by atoms with van der Waals surface area (Å²) in [6.07, 6.45) is 8.18. The van der Waals surface area contributed by atoms with E-state index in [0.29, 0.717) is 23.8 Å². The Morgan fingerprint density at radius 1 is 1.27 bits per heavy atom. The lowest BCUT2D eigenvalue weighted by molar-refractivity contribution is 0.357. The van der Waals surface area contributed by atoms with E-state index in [1.165, 1.54) is 22.7 Å². The minimum Gasteiger partial charge on any atom is -0.343 e. The second-order valence-corrected chi connectivity index (χ2v) is 7.42. The lowest BCUT2D eigenvalue weighted by Gasteiger charge is -2.26. The lowest BCUT2D eigenvalue weighted by Crippen LogP contribution is -2.39. The van der Waals surface area contributed by atoms with Gasteiger partial charge in [0.05, 0.1) is 24.1 Å². The zero-order valence-corrected chi connectivity index (χ0v) is 13.3. The Balaban J connectivity index is 1.87. The third-order valence-electron chi connectivity index (χ3n) is 3.72. The van der Waals surface area contributed by atoms with E-state index in [2.05, 4.69) is 19.9 Å². The van der Waals surface area contributed by atoms with Gasteiger partial charge in [0.15, 0.2) is 5.82 Å². The van der Waals surface area contributed by atoms with E-state index in [1.807, 2.05) is 0 Å². The topological polar surface area (TPSA) is 95.1 Å². The summed E-state index contributed by atoms with van der Waals surface area (Å²) < 4.78 is 27.4. The number of hydrogen-bond donors (Lipinski definition) is 1. The Bertz CT molecular complexity index is 726. The van der Waals surface area contributed by atoms with Crippen LogP contribution in [0.4, 0.5) is 0 Å². The molecule has 3 heterocycles. The van der Waals surface area contributed by atoms with Crippen molar-refractivity contribution in [1.82, 2.24) is 28.5 Å². The number of hydrogen-bond acceptors (Lipinski definition) is 5. The summed E-state index contributed by atoms with van der Waals surface area (Å²) in [4.78, 5) is 15.8. The van der Waals surface area contributed by atoms with Gasteiger partial charge in [-0.1, -0.05) is 0 Å². The summed E-state index contributed by atoms with van der Waals surface area (Å²) in [5.74, 6) is 0.642. The normalized spacial score (nSPS) is 19.9. The van der Waals surface area contributed by atoms with E-state index in [0.717, 1.165) is 12.8 Å². The van der Waals surface area contributed by atoms with Crippen LogP contribution < -0.4 is 0 Å². The zero-order valence-electron chi connectivity index (χ0n) is 12.5. The molecular formula is C13H18N6O2S. The van der Waals surface area contributed by atoms with Crippen molar-refractivity contribution in [1.29, 1.82) is 0 Å². The third-order valence-corrected chi connectivity index (χ3v) is 5.67. The predicted octanol–water partition coefficient (Wildman–Crippen LogP) is 0.810. The van der Waals surface area contributed by atoms with Gasteiger partial charge in [-0.3, -0.25) is 4.98 Å². The van der Waals surface area contributed by atoms with Crippen molar-refractivity contribution in [2.45, 2.75) is 18.9 Å². The molecule has 22 heavy (non-hydrogen) atoms. The number of aromatic nitrogens is 4. The molecule has 0 aromatic carbocycles. The Labute approximate surface area is 129 Å². The molecule has 1 unspecified atom stereocenters. The Morgan fingerprint density at radius 2 is 2.09 bits per heavy atom. The maximum absolute atomic E-state index is 12.4. The van der Waals surface area contributed by atoms with Crippen LogP contribution in [0.25, 0.3) is 11.5 Å². The summed E-state index contributed by atoms with van der Waals surface area (Å²) in [7, 11) is -0.371. The average molecular weight is 322 g/mol. The minimum absolute atomic E-state index is 0.259. The van der Waals surface area contributed by atoms with Gasteiger partial charge in [0, 0.05) is 33.0 Å². The molecule has 1 saturated heterocycles. The fourth-order valence-corrected chi connectivity index (χ4v) is 3.87. The van der Waals surface area contributed by atoms with E-state index >= 15 is 0 Å². The van der Waals surface area contributed by atoms with Crippen LogP contribution in [0.5, 0.6) is 0 Å². The van der Waals surface area contributed by atoms with E-state index in [-0.39, 0.29) is 6.04 Å². The van der Waals surface area contributed by atoms with Crippen molar-refractivity contribution in [3.8, 4) is 11.5 Å². The molecule has 2 aromatic rings. The molecular weight excluding hydrogens is 304 g/mol. The Kier molecular flexibility index (Phi) is 3.94. The fourth-order valence-electron chi connectivity index (χ4n) is 2.56. The highest BCUT2D eigenvalue weighted by Gasteiger charge is 2.37. The van der Waals surface area contributed by atoms with Crippen LogP contribution in [0, 0.1) is 0 Å². The molecule has 1 aliphatic rings. The molecule has 3 rings (SSSR count). The quantitative estimate of drug-likeness (QED) is 0.899. The summed E-state index contributed by atoms with van der Waals surface area (Å²) in [5, 5.41) is 0. The number of imidazole rings is 1. The minimum atomic E-state index is -3.45. The van der Waals surface area contributed by atoms with Crippen molar-refractivity contribution in [2.24, 2.45) is 0 Å². The van der Waals surface area contributed by atoms with Gasteiger partial charge in [-0.05, 0) is 12.8 Å². The molecule has 0 radical (unpaired) electrons. The van der Waals surface area contributed by atoms with Gasteiger partial charge >= 0.3 is 0 Å². The average Bonchev–Trinajstić information content (AvgIpc) is 3.19.